The molecule has 20 heavy (non-hydrogen) atoms. The number of benzene rings is 1. The summed E-state index contributed by atoms with van der Waals surface area (Å²) in [6, 6.07) is 7.67. The molecule has 0 saturated carbocycles. The monoisotopic (exact) mass is 274 g/mol. The number of ether oxygens (including phenoxy) is 1. The molecule has 0 radical (unpaired) electrons. The molecule has 0 aliphatic carbocycles. The van der Waals surface area contributed by atoms with E-state index in [2.05, 4.69) is 36.9 Å². The van der Waals surface area contributed by atoms with E-state index in [1.165, 1.54) is 30.4 Å². The fourth-order valence-electron chi connectivity index (χ4n) is 3.71. The van der Waals surface area contributed by atoms with Crippen molar-refractivity contribution in [3.05, 3.63) is 29.3 Å². The largest absolute Gasteiger partial charge is 0.488 e. The van der Waals surface area contributed by atoms with E-state index < -0.39 is 0 Å². The maximum Gasteiger partial charge on any atom is 0.123 e. The third-order valence-electron chi connectivity index (χ3n) is 4.84. The van der Waals surface area contributed by atoms with Gasteiger partial charge in [0.25, 0.3) is 0 Å². The molecule has 3 heteroatoms. The molecular formula is C17H26N2O. The SMILES string of the molecule is Cc1ccc2c(c1)CC(CN1C(C)CCCC1CN)O2. The predicted octanol–water partition coefficient (Wildman–Crippen LogP) is 2.50. The number of hydrogen-bond acceptors (Lipinski definition) is 3. The van der Waals surface area contributed by atoms with Crippen LogP contribution >= 0.6 is 0 Å². The minimum atomic E-state index is 0.293. The van der Waals surface area contributed by atoms with Crippen molar-refractivity contribution in [1.29, 1.82) is 0 Å². The number of piperidine rings is 1. The zero-order valence-corrected chi connectivity index (χ0v) is 12.6. The lowest BCUT2D eigenvalue weighted by Crippen LogP contribution is -2.52. The molecule has 110 valence electrons. The molecule has 2 N–H and O–H groups in total. The summed E-state index contributed by atoms with van der Waals surface area (Å²) in [7, 11) is 0. The smallest absolute Gasteiger partial charge is 0.123 e. The Balaban J connectivity index is 1.67. The summed E-state index contributed by atoms with van der Waals surface area (Å²) in [5.41, 5.74) is 8.64. The number of likely N-dealkylation sites (tertiary alicyclic amines) is 1. The summed E-state index contributed by atoms with van der Waals surface area (Å²) < 4.78 is 6.12. The first-order valence-electron chi connectivity index (χ1n) is 7.89. The van der Waals surface area contributed by atoms with Crippen molar-refractivity contribution < 1.29 is 4.74 Å². The molecule has 0 amide bonds. The third-order valence-corrected chi connectivity index (χ3v) is 4.84. The predicted molar refractivity (Wildman–Crippen MR) is 82.2 cm³/mol. The van der Waals surface area contributed by atoms with E-state index in [0.29, 0.717) is 18.2 Å². The van der Waals surface area contributed by atoms with Crippen molar-refractivity contribution in [3.63, 3.8) is 0 Å². The Morgan fingerprint density at radius 3 is 3.00 bits per heavy atom. The molecule has 3 nitrogen and oxygen atoms in total. The maximum absolute atomic E-state index is 6.12. The quantitative estimate of drug-likeness (QED) is 0.920. The Morgan fingerprint density at radius 2 is 2.20 bits per heavy atom. The average molecular weight is 274 g/mol. The summed E-state index contributed by atoms with van der Waals surface area (Å²) in [4.78, 5) is 2.58. The maximum atomic E-state index is 6.12. The Morgan fingerprint density at radius 1 is 1.35 bits per heavy atom. The van der Waals surface area contributed by atoms with Crippen LogP contribution in [0.5, 0.6) is 5.75 Å². The first-order chi connectivity index (χ1) is 9.67. The number of nitrogens with two attached hydrogens (primary N) is 1. The number of fused-ring (bicyclic) bond motifs is 1. The second-order valence-corrected chi connectivity index (χ2v) is 6.42. The van der Waals surface area contributed by atoms with Crippen LogP contribution in [-0.2, 0) is 6.42 Å². The van der Waals surface area contributed by atoms with Gasteiger partial charge in [0.15, 0.2) is 0 Å². The van der Waals surface area contributed by atoms with Gasteiger partial charge in [-0.1, -0.05) is 24.1 Å². The van der Waals surface area contributed by atoms with Gasteiger partial charge in [0.05, 0.1) is 0 Å². The van der Waals surface area contributed by atoms with Crippen molar-refractivity contribution in [3.8, 4) is 5.75 Å². The summed E-state index contributed by atoms with van der Waals surface area (Å²) >= 11 is 0. The number of nitrogens with zero attached hydrogens (tertiary/aromatic N) is 1. The Hall–Kier alpha value is -1.06. The molecule has 1 aromatic carbocycles. The highest BCUT2D eigenvalue weighted by atomic mass is 16.5. The van der Waals surface area contributed by atoms with Crippen molar-refractivity contribution in [1.82, 2.24) is 4.90 Å². The topological polar surface area (TPSA) is 38.5 Å². The Kier molecular flexibility index (Phi) is 3.99. The number of rotatable bonds is 3. The minimum absolute atomic E-state index is 0.293. The third kappa shape index (κ3) is 2.70. The van der Waals surface area contributed by atoms with Crippen LogP contribution in [-0.4, -0.2) is 36.2 Å². The molecule has 3 rings (SSSR count). The summed E-state index contributed by atoms with van der Waals surface area (Å²) in [5, 5.41) is 0. The molecule has 2 heterocycles. The molecule has 0 spiro atoms. The summed E-state index contributed by atoms with van der Waals surface area (Å²) in [5.74, 6) is 1.08. The molecule has 0 aromatic heterocycles. The van der Waals surface area contributed by atoms with Crippen molar-refractivity contribution in [2.24, 2.45) is 5.73 Å². The van der Waals surface area contributed by atoms with Crippen LogP contribution < -0.4 is 10.5 Å². The van der Waals surface area contributed by atoms with E-state index in [4.69, 9.17) is 10.5 Å². The van der Waals surface area contributed by atoms with Gasteiger partial charge in [-0.2, -0.15) is 0 Å². The second-order valence-electron chi connectivity index (χ2n) is 6.42. The van der Waals surface area contributed by atoms with Crippen LogP contribution in [0.15, 0.2) is 18.2 Å². The van der Waals surface area contributed by atoms with Gasteiger partial charge in [-0.05, 0) is 38.3 Å². The van der Waals surface area contributed by atoms with Gasteiger partial charge in [0, 0.05) is 31.6 Å². The van der Waals surface area contributed by atoms with Crippen LogP contribution in [0, 0.1) is 6.92 Å². The van der Waals surface area contributed by atoms with Gasteiger partial charge in [0.2, 0.25) is 0 Å². The number of hydrogen-bond donors (Lipinski definition) is 1. The molecule has 3 atom stereocenters. The normalized spacial score (nSPS) is 30.1. The van der Waals surface area contributed by atoms with Crippen molar-refractivity contribution in [2.75, 3.05) is 13.1 Å². The van der Waals surface area contributed by atoms with Crippen LogP contribution in [0.2, 0.25) is 0 Å². The van der Waals surface area contributed by atoms with Crippen LogP contribution in [0.25, 0.3) is 0 Å². The lowest BCUT2D eigenvalue weighted by Gasteiger charge is -2.41. The average Bonchev–Trinajstić information content (AvgIpc) is 2.82. The Labute approximate surface area is 122 Å². The molecule has 0 bridgehead atoms. The van der Waals surface area contributed by atoms with E-state index >= 15 is 0 Å². The van der Waals surface area contributed by atoms with Gasteiger partial charge in [-0.3, -0.25) is 4.90 Å². The summed E-state index contributed by atoms with van der Waals surface area (Å²) in [6.07, 6.45) is 5.16. The minimum Gasteiger partial charge on any atom is -0.488 e. The molecule has 1 fully saturated rings. The first-order valence-corrected chi connectivity index (χ1v) is 7.89. The van der Waals surface area contributed by atoms with E-state index in [9.17, 15) is 0 Å². The van der Waals surface area contributed by atoms with E-state index in [1.54, 1.807) is 0 Å². The molecule has 1 saturated heterocycles. The van der Waals surface area contributed by atoms with Crippen LogP contribution in [0.3, 0.4) is 0 Å². The zero-order valence-electron chi connectivity index (χ0n) is 12.6. The molecule has 3 unspecified atom stereocenters. The van der Waals surface area contributed by atoms with Gasteiger partial charge in [-0.25, -0.2) is 0 Å². The number of aryl methyl sites for hydroxylation is 1. The van der Waals surface area contributed by atoms with E-state index in [1.807, 2.05) is 0 Å². The fourth-order valence-corrected chi connectivity index (χ4v) is 3.71. The van der Waals surface area contributed by atoms with Gasteiger partial charge in [-0.15, -0.1) is 0 Å². The molecule has 2 aliphatic heterocycles. The van der Waals surface area contributed by atoms with Gasteiger partial charge < -0.3 is 10.5 Å². The van der Waals surface area contributed by atoms with Crippen LogP contribution in [0.4, 0.5) is 0 Å². The lowest BCUT2D eigenvalue weighted by molar-refractivity contribution is 0.0551. The van der Waals surface area contributed by atoms with Crippen molar-refractivity contribution in [2.45, 2.75) is 57.7 Å². The van der Waals surface area contributed by atoms with Gasteiger partial charge in [0.1, 0.15) is 11.9 Å². The molecule has 1 aromatic rings. The second kappa shape index (κ2) is 5.74. The Bertz CT molecular complexity index is 474. The molecule has 2 aliphatic rings. The fraction of sp³-hybridized carbons (Fsp3) is 0.647. The van der Waals surface area contributed by atoms with Crippen molar-refractivity contribution >= 4 is 0 Å². The van der Waals surface area contributed by atoms with Crippen LogP contribution in [0.1, 0.15) is 37.3 Å². The summed E-state index contributed by atoms with van der Waals surface area (Å²) in [6.45, 7) is 6.25. The highest BCUT2D eigenvalue weighted by Gasteiger charge is 2.32. The lowest BCUT2D eigenvalue weighted by atomic mass is 9.95. The first kappa shape index (κ1) is 13.9. The van der Waals surface area contributed by atoms with E-state index in [0.717, 1.165) is 25.3 Å². The zero-order chi connectivity index (χ0) is 14.1. The highest BCUT2D eigenvalue weighted by molar-refractivity contribution is 5.40. The standard InChI is InChI=1S/C17H26N2O/c1-12-6-7-17-14(8-12)9-16(20-17)11-19-13(2)4-3-5-15(19)10-18/h6-8,13,15-16H,3-5,9-11,18H2,1-2H3. The highest BCUT2D eigenvalue weighted by Crippen LogP contribution is 2.31. The van der Waals surface area contributed by atoms with E-state index in [-0.39, 0.29) is 0 Å². The van der Waals surface area contributed by atoms with Gasteiger partial charge >= 0.3 is 0 Å². The molecular weight excluding hydrogens is 248 g/mol.